The number of nitrogens with zero attached hydrogens (tertiary/aromatic N) is 1. The van der Waals surface area contributed by atoms with Gasteiger partial charge in [0, 0.05) is 10.9 Å². The molecule has 26 heavy (non-hydrogen) atoms. The van der Waals surface area contributed by atoms with E-state index >= 15 is 0 Å². The molecular formula is C18H12F4N2OS. The van der Waals surface area contributed by atoms with Gasteiger partial charge in [-0.1, -0.05) is 12.1 Å². The molecule has 0 aliphatic rings. The van der Waals surface area contributed by atoms with Gasteiger partial charge in [0.05, 0.1) is 11.3 Å². The molecule has 3 rings (SSSR count). The monoisotopic (exact) mass is 380 g/mol. The molecule has 3 nitrogen and oxygen atoms in total. The number of aromatic nitrogens is 1. The lowest BCUT2D eigenvalue weighted by Crippen LogP contribution is -2.16. The van der Waals surface area contributed by atoms with Crippen LogP contribution in [0.2, 0.25) is 0 Å². The van der Waals surface area contributed by atoms with E-state index in [1.54, 1.807) is 5.38 Å². The SMILES string of the molecule is Cc1ccc(-c2csc(NC(=O)c3cc(F)c(F)c(F)c3F)n2)cc1C. The zero-order valence-electron chi connectivity index (χ0n) is 13.7. The highest BCUT2D eigenvalue weighted by Crippen LogP contribution is 2.27. The predicted molar refractivity (Wildman–Crippen MR) is 91.3 cm³/mol. The van der Waals surface area contributed by atoms with Crippen LogP contribution in [0.5, 0.6) is 0 Å². The Morgan fingerprint density at radius 3 is 2.42 bits per heavy atom. The molecule has 0 aliphatic heterocycles. The van der Waals surface area contributed by atoms with E-state index < -0.39 is 34.7 Å². The lowest BCUT2D eigenvalue weighted by atomic mass is 10.1. The number of carbonyl (C=O) groups is 1. The molecule has 1 aromatic heterocycles. The van der Waals surface area contributed by atoms with Gasteiger partial charge in [0.25, 0.3) is 5.91 Å². The smallest absolute Gasteiger partial charge is 0.260 e. The molecule has 2 aromatic carbocycles. The normalized spacial score (nSPS) is 10.8. The van der Waals surface area contributed by atoms with Gasteiger partial charge in [-0.2, -0.15) is 0 Å². The van der Waals surface area contributed by atoms with Crippen molar-refractivity contribution in [3.8, 4) is 11.3 Å². The second kappa shape index (κ2) is 6.87. The van der Waals surface area contributed by atoms with E-state index in [2.05, 4.69) is 10.3 Å². The Hall–Kier alpha value is -2.74. The van der Waals surface area contributed by atoms with Crippen LogP contribution < -0.4 is 5.32 Å². The number of nitrogens with one attached hydrogen (secondary N) is 1. The van der Waals surface area contributed by atoms with Gasteiger partial charge in [-0.05, 0) is 37.1 Å². The van der Waals surface area contributed by atoms with E-state index in [4.69, 9.17) is 0 Å². The molecule has 0 unspecified atom stereocenters. The fraction of sp³-hybridized carbons (Fsp3) is 0.111. The fourth-order valence-electron chi connectivity index (χ4n) is 2.27. The van der Waals surface area contributed by atoms with Gasteiger partial charge < -0.3 is 0 Å². The molecule has 0 fully saturated rings. The molecule has 0 saturated heterocycles. The summed E-state index contributed by atoms with van der Waals surface area (Å²) in [5, 5.41) is 4.06. The van der Waals surface area contributed by atoms with Crippen LogP contribution in [0.1, 0.15) is 21.5 Å². The number of anilines is 1. The largest absolute Gasteiger partial charge is 0.298 e. The van der Waals surface area contributed by atoms with Crippen molar-refractivity contribution >= 4 is 22.4 Å². The second-order valence-corrected chi connectivity index (χ2v) is 6.50. The van der Waals surface area contributed by atoms with Crippen molar-refractivity contribution in [3.63, 3.8) is 0 Å². The maximum Gasteiger partial charge on any atom is 0.260 e. The summed E-state index contributed by atoms with van der Waals surface area (Å²) in [7, 11) is 0. The average molecular weight is 380 g/mol. The first-order chi connectivity index (χ1) is 12.3. The minimum absolute atomic E-state index is 0.118. The van der Waals surface area contributed by atoms with Gasteiger partial charge in [-0.3, -0.25) is 10.1 Å². The highest BCUT2D eigenvalue weighted by atomic mass is 32.1. The van der Waals surface area contributed by atoms with Crippen molar-refractivity contribution < 1.29 is 22.4 Å². The summed E-state index contributed by atoms with van der Waals surface area (Å²) in [6.45, 7) is 3.93. The third-order valence-electron chi connectivity index (χ3n) is 3.87. The highest BCUT2D eigenvalue weighted by Gasteiger charge is 2.23. The molecule has 8 heteroatoms. The van der Waals surface area contributed by atoms with E-state index in [1.165, 1.54) is 0 Å². The minimum Gasteiger partial charge on any atom is -0.298 e. The molecule has 0 atom stereocenters. The van der Waals surface area contributed by atoms with Crippen LogP contribution in [0, 0.1) is 37.1 Å². The molecule has 0 bridgehead atoms. The van der Waals surface area contributed by atoms with Crippen molar-refractivity contribution in [2.24, 2.45) is 0 Å². The highest BCUT2D eigenvalue weighted by molar-refractivity contribution is 7.14. The van der Waals surface area contributed by atoms with Gasteiger partial charge in [0.2, 0.25) is 0 Å². The topological polar surface area (TPSA) is 42.0 Å². The first-order valence-corrected chi connectivity index (χ1v) is 8.33. The standard InChI is InChI=1S/C18H12F4N2OS/c1-8-3-4-10(5-9(8)2)13-7-26-18(23-13)24-17(25)11-6-12(19)15(21)16(22)14(11)20/h3-7H,1-2H3,(H,23,24,25). The summed E-state index contributed by atoms with van der Waals surface area (Å²) in [6, 6.07) is 6.04. The molecular weight excluding hydrogens is 368 g/mol. The maximum atomic E-state index is 13.7. The van der Waals surface area contributed by atoms with E-state index in [0.29, 0.717) is 11.8 Å². The molecule has 134 valence electrons. The molecule has 1 amide bonds. The van der Waals surface area contributed by atoms with Gasteiger partial charge in [0.15, 0.2) is 28.4 Å². The van der Waals surface area contributed by atoms with Crippen LogP contribution in [0.3, 0.4) is 0 Å². The van der Waals surface area contributed by atoms with Crippen molar-refractivity contribution in [1.82, 2.24) is 4.98 Å². The van der Waals surface area contributed by atoms with Crippen LogP contribution in [0.25, 0.3) is 11.3 Å². The van der Waals surface area contributed by atoms with Crippen molar-refractivity contribution in [2.75, 3.05) is 5.32 Å². The Kier molecular flexibility index (Phi) is 4.78. The zero-order chi connectivity index (χ0) is 19.0. The van der Waals surface area contributed by atoms with Crippen LogP contribution in [0.15, 0.2) is 29.6 Å². The summed E-state index contributed by atoms with van der Waals surface area (Å²) in [4.78, 5) is 16.3. The van der Waals surface area contributed by atoms with E-state index in [1.807, 2.05) is 32.0 Å². The van der Waals surface area contributed by atoms with Crippen LogP contribution in [-0.4, -0.2) is 10.9 Å². The third-order valence-corrected chi connectivity index (χ3v) is 4.63. The summed E-state index contributed by atoms with van der Waals surface area (Å²) >= 11 is 1.07. The lowest BCUT2D eigenvalue weighted by Gasteiger charge is -2.05. The van der Waals surface area contributed by atoms with Gasteiger partial charge in [0.1, 0.15) is 0 Å². The summed E-state index contributed by atoms with van der Waals surface area (Å²) in [5.41, 5.74) is 2.67. The maximum absolute atomic E-state index is 13.7. The number of hydrogen-bond donors (Lipinski definition) is 1. The molecule has 1 N–H and O–H groups in total. The van der Waals surface area contributed by atoms with Crippen molar-refractivity contribution in [2.45, 2.75) is 13.8 Å². The van der Waals surface area contributed by atoms with Crippen LogP contribution in [-0.2, 0) is 0 Å². The van der Waals surface area contributed by atoms with E-state index in [9.17, 15) is 22.4 Å². The first-order valence-electron chi connectivity index (χ1n) is 7.45. The molecule has 0 radical (unpaired) electrons. The number of benzene rings is 2. The predicted octanol–water partition coefficient (Wildman–Crippen LogP) is 5.24. The Morgan fingerprint density at radius 1 is 1.00 bits per heavy atom. The number of halogens is 4. The van der Waals surface area contributed by atoms with E-state index in [-0.39, 0.29) is 5.13 Å². The Labute approximate surface area is 150 Å². The Morgan fingerprint density at radius 2 is 1.73 bits per heavy atom. The second-order valence-electron chi connectivity index (χ2n) is 5.64. The lowest BCUT2D eigenvalue weighted by molar-refractivity contribution is 0.102. The molecule has 3 aromatic rings. The summed E-state index contributed by atoms with van der Waals surface area (Å²) in [5.74, 6) is -8.53. The fourth-order valence-corrected chi connectivity index (χ4v) is 2.98. The quantitative estimate of drug-likeness (QED) is 0.384. The van der Waals surface area contributed by atoms with Crippen LogP contribution in [0.4, 0.5) is 22.7 Å². The van der Waals surface area contributed by atoms with Gasteiger partial charge in [-0.15, -0.1) is 11.3 Å². The number of thiazole rings is 1. The molecule has 0 aliphatic carbocycles. The van der Waals surface area contributed by atoms with Gasteiger partial charge >= 0.3 is 0 Å². The Balaban J connectivity index is 1.85. The van der Waals surface area contributed by atoms with Gasteiger partial charge in [-0.25, -0.2) is 22.5 Å². The number of carbonyl (C=O) groups excluding carboxylic acids is 1. The third kappa shape index (κ3) is 3.32. The van der Waals surface area contributed by atoms with Crippen LogP contribution >= 0.6 is 11.3 Å². The first kappa shape index (κ1) is 18.1. The number of amides is 1. The van der Waals surface area contributed by atoms with E-state index in [0.717, 1.165) is 28.0 Å². The molecule has 0 spiro atoms. The zero-order valence-corrected chi connectivity index (χ0v) is 14.5. The summed E-state index contributed by atoms with van der Waals surface area (Å²) < 4.78 is 53.2. The van der Waals surface area contributed by atoms with Crippen molar-refractivity contribution in [3.05, 3.63) is 69.6 Å². The summed E-state index contributed by atoms with van der Waals surface area (Å²) in [6.07, 6.45) is 0. The van der Waals surface area contributed by atoms with Crippen molar-refractivity contribution in [1.29, 1.82) is 0 Å². The average Bonchev–Trinajstić information content (AvgIpc) is 3.07. The number of hydrogen-bond acceptors (Lipinski definition) is 3. The molecule has 0 saturated carbocycles. The minimum atomic E-state index is -2.04. The Bertz CT molecular complexity index is 1020. The molecule has 1 heterocycles. The number of rotatable bonds is 3. The number of aryl methyl sites for hydroxylation is 2.